The fourth-order valence-electron chi connectivity index (χ4n) is 2.45. The van der Waals surface area contributed by atoms with E-state index in [0.717, 1.165) is 0 Å². The highest BCUT2D eigenvalue weighted by Crippen LogP contribution is 2.29. The number of nitrogens with zero attached hydrogens (tertiary/aromatic N) is 2. The molecule has 3 rings (SSSR count). The third kappa shape index (κ3) is 4.81. The number of anilines is 1. The first-order chi connectivity index (χ1) is 13.0. The number of ether oxygens (including phenoxy) is 1. The standard InChI is InChI=1S/C19H18ClN3O3S/c1-23-17(24)11-16(18(25)21-14-4-3-5-15(10-14)26-2)27-19(23)22-13-8-6-12(20)7-9-13/h3-10,16H,11H2,1-2H3,(H,21,25). The molecular weight excluding hydrogens is 386 g/mol. The number of hydrogen-bond acceptors (Lipinski definition) is 5. The van der Waals surface area contributed by atoms with E-state index in [1.807, 2.05) is 0 Å². The van der Waals surface area contributed by atoms with Gasteiger partial charge < -0.3 is 10.1 Å². The number of methoxy groups -OCH3 is 1. The molecule has 2 aromatic carbocycles. The number of carbonyl (C=O) groups is 2. The average molecular weight is 404 g/mol. The number of nitrogens with one attached hydrogen (secondary N) is 1. The van der Waals surface area contributed by atoms with Crippen molar-refractivity contribution in [3.05, 3.63) is 53.6 Å². The summed E-state index contributed by atoms with van der Waals surface area (Å²) in [5, 5.41) is 3.35. The van der Waals surface area contributed by atoms with Crippen molar-refractivity contribution in [3.63, 3.8) is 0 Å². The van der Waals surface area contributed by atoms with Crippen molar-refractivity contribution in [2.45, 2.75) is 11.7 Å². The molecule has 1 atom stereocenters. The first kappa shape index (κ1) is 19.3. The Morgan fingerprint density at radius 2 is 2.04 bits per heavy atom. The number of aliphatic imine (C=N–C) groups is 1. The summed E-state index contributed by atoms with van der Waals surface area (Å²) < 4.78 is 5.16. The molecule has 0 aliphatic carbocycles. The van der Waals surface area contributed by atoms with E-state index >= 15 is 0 Å². The lowest BCUT2D eigenvalue weighted by Gasteiger charge is -2.28. The molecule has 1 heterocycles. The summed E-state index contributed by atoms with van der Waals surface area (Å²) in [4.78, 5) is 30.9. The lowest BCUT2D eigenvalue weighted by Crippen LogP contribution is -2.43. The zero-order valence-electron chi connectivity index (χ0n) is 14.8. The molecule has 1 fully saturated rings. The molecule has 140 valence electrons. The summed E-state index contributed by atoms with van der Waals surface area (Å²) in [6, 6.07) is 14.0. The molecule has 0 saturated carbocycles. The van der Waals surface area contributed by atoms with Crippen LogP contribution in [0.15, 0.2) is 53.5 Å². The fraction of sp³-hybridized carbons (Fsp3) is 0.211. The molecule has 8 heteroatoms. The Kier molecular flexibility index (Phi) is 6.03. The van der Waals surface area contributed by atoms with E-state index in [0.29, 0.717) is 27.3 Å². The molecule has 1 aliphatic heterocycles. The molecular formula is C19H18ClN3O3S. The van der Waals surface area contributed by atoms with Gasteiger partial charge >= 0.3 is 0 Å². The predicted molar refractivity (Wildman–Crippen MR) is 109 cm³/mol. The number of benzene rings is 2. The van der Waals surface area contributed by atoms with Crippen molar-refractivity contribution in [3.8, 4) is 5.75 Å². The Labute approximate surface area is 166 Å². The minimum Gasteiger partial charge on any atom is -0.497 e. The Bertz CT molecular complexity index is 886. The number of thioether (sulfide) groups is 1. The lowest BCUT2D eigenvalue weighted by atomic mass is 10.2. The largest absolute Gasteiger partial charge is 0.497 e. The first-order valence-corrected chi connectivity index (χ1v) is 9.44. The molecule has 1 aliphatic rings. The molecule has 1 saturated heterocycles. The average Bonchev–Trinajstić information content (AvgIpc) is 2.67. The Hall–Kier alpha value is -2.51. The van der Waals surface area contributed by atoms with E-state index in [1.54, 1.807) is 62.7 Å². The Morgan fingerprint density at radius 3 is 2.74 bits per heavy atom. The molecule has 1 N–H and O–H groups in total. The number of carbonyl (C=O) groups excluding carboxylic acids is 2. The second-order valence-electron chi connectivity index (χ2n) is 5.86. The van der Waals surface area contributed by atoms with Crippen LogP contribution < -0.4 is 10.1 Å². The number of rotatable bonds is 4. The van der Waals surface area contributed by atoms with Crippen molar-refractivity contribution in [2.75, 3.05) is 19.5 Å². The van der Waals surface area contributed by atoms with Crippen LogP contribution in [0.25, 0.3) is 0 Å². The molecule has 1 unspecified atom stereocenters. The van der Waals surface area contributed by atoms with Crippen LogP contribution >= 0.6 is 23.4 Å². The van der Waals surface area contributed by atoms with Crippen molar-refractivity contribution < 1.29 is 14.3 Å². The number of amidine groups is 1. The number of hydrogen-bond donors (Lipinski definition) is 1. The van der Waals surface area contributed by atoms with Crippen molar-refractivity contribution in [1.82, 2.24) is 4.90 Å². The van der Waals surface area contributed by atoms with Crippen molar-refractivity contribution in [1.29, 1.82) is 0 Å². The smallest absolute Gasteiger partial charge is 0.238 e. The second kappa shape index (κ2) is 8.45. The molecule has 27 heavy (non-hydrogen) atoms. The normalized spacial score (nSPS) is 18.5. The second-order valence-corrected chi connectivity index (χ2v) is 7.46. The van der Waals surface area contributed by atoms with Gasteiger partial charge in [-0.05, 0) is 36.4 Å². The topological polar surface area (TPSA) is 71.0 Å². The third-order valence-corrected chi connectivity index (χ3v) is 5.44. The van der Waals surface area contributed by atoms with Crippen molar-refractivity contribution >= 4 is 51.7 Å². The molecule has 0 aromatic heterocycles. The molecule has 0 bridgehead atoms. The maximum absolute atomic E-state index is 12.6. The van der Waals surface area contributed by atoms with E-state index < -0.39 is 5.25 Å². The number of amides is 2. The van der Waals surface area contributed by atoms with Gasteiger partial charge in [-0.3, -0.25) is 14.5 Å². The summed E-state index contributed by atoms with van der Waals surface area (Å²) in [5.74, 6) is 0.232. The van der Waals surface area contributed by atoms with Crippen LogP contribution in [0.3, 0.4) is 0 Å². The molecule has 2 aromatic rings. The fourth-order valence-corrected chi connectivity index (χ4v) is 3.64. The van der Waals surface area contributed by atoms with E-state index in [2.05, 4.69) is 10.3 Å². The van der Waals surface area contributed by atoms with E-state index in [1.165, 1.54) is 16.7 Å². The predicted octanol–water partition coefficient (Wildman–Crippen LogP) is 3.94. The van der Waals surface area contributed by atoms with Crippen LogP contribution in [-0.2, 0) is 9.59 Å². The molecule has 0 spiro atoms. The highest BCUT2D eigenvalue weighted by Gasteiger charge is 2.34. The lowest BCUT2D eigenvalue weighted by molar-refractivity contribution is -0.128. The minimum absolute atomic E-state index is 0.108. The third-order valence-electron chi connectivity index (χ3n) is 3.95. The van der Waals surface area contributed by atoms with Gasteiger partial charge in [-0.15, -0.1) is 0 Å². The quantitative estimate of drug-likeness (QED) is 0.839. The van der Waals surface area contributed by atoms with Gasteiger partial charge in [-0.2, -0.15) is 0 Å². The van der Waals surface area contributed by atoms with E-state index in [9.17, 15) is 9.59 Å². The van der Waals surface area contributed by atoms with Crippen LogP contribution in [0.2, 0.25) is 5.02 Å². The van der Waals surface area contributed by atoms with Crippen LogP contribution in [-0.4, -0.2) is 41.3 Å². The minimum atomic E-state index is -0.564. The molecule has 0 radical (unpaired) electrons. The molecule has 6 nitrogen and oxygen atoms in total. The van der Waals surface area contributed by atoms with Crippen LogP contribution in [0.5, 0.6) is 5.75 Å². The van der Waals surface area contributed by atoms with Gasteiger partial charge in [-0.25, -0.2) is 4.99 Å². The van der Waals surface area contributed by atoms with Gasteiger partial charge in [0.15, 0.2) is 5.17 Å². The summed E-state index contributed by atoms with van der Waals surface area (Å²) in [6.45, 7) is 0. The highest BCUT2D eigenvalue weighted by molar-refractivity contribution is 8.15. The van der Waals surface area contributed by atoms with Crippen molar-refractivity contribution in [2.24, 2.45) is 4.99 Å². The zero-order chi connectivity index (χ0) is 19.4. The number of halogens is 1. The van der Waals surface area contributed by atoms with Crippen LogP contribution in [0.4, 0.5) is 11.4 Å². The van der Waals surface area contributed by atoms with Gasteiger partial charge in [0.05, 0.1) is 12.8 Å². The summed E-state index contributed by atoms with van der Waals surface area (Å²) in [5.41, 5.74) is 1.28. The highest BCUT2D eigenvalue weighted by atomic mass is 35.5. The van der Waals surface area contributed by atoms with E-state index in [4.69, 9.17) is 16.3 Å². The van der Waals surface area contributed by atoms with Crippen LogP contribution in [0.1, 0.15) is 6.42 Å². The van der Waals surface area contributed by atoms with Gasteiger partial charge in [-0.1, -0.05) is 29.4 Å². The van der Waals surface area contributed by atoms with Crippen LogP contribution in [0, 0.1) is 0 Å². The summed E-state index contributed by atoms with van der Waals surface area (Å²) >= 11 is 7.15. The maximum atomic E-state index is 12.6. The van der Waals surface area contributed by atoms with Gasteiger partial charge in [0.25, 0.3) is 0 Å². The Morgan fingerprint density at radius 1 is 1.30 bits per heavy atom. The summed E-state index contributed by atoms with van der Waals surface area (Å²) in [7, 11) is 3.21. The monoisotopic (exact) mass is 403 g/mol. The SMILES string of the molecule is COc1cccc(NC(=O)C2CC(=O)N(C)C(=Nc3ccc(Cl)cc3)S2)c1. The first-order valence-electron chi connectivity index (χ1n) is 8.18. The Balaban J connectivity index is 1.76. The van der Waals surface area contributed by atoms with Gasteiger partial charge in [0.2, 0.25) is 11.8 Å². The van der Waals surface area contributed by atoms with Gasteiger partial charge in [0.1, 0.15) is 11.0 Å². The summed E-state index contributed by atoms with van der Waals surface area (Å²) in [6.07, 6.45) is 0.108. The zero-order valence-corrected chi connectivity index (χ0v) is 16.4. The van der Waals surface area contributed by atoms with E-state index in [-0.39, 0.29) is 18.2 Å². The molecule has 2 amide bonds. The van der Waals surface area contributed by atoms with Gasteiger partial charge in [0, 0.05) is 30.2 Å². The maximum Gasteiger partial charge on any atom is 0.238 e.